The fraction of sp³-hybridized carbons (Fsp3) is 0.365. The van der Waals surface area contributed by atoms with Crippen LogP contribution in [0.1, 0.15) is 125 Å². The average molecular weight is 995 g/mol. The molecule has 0 amide bonds. The van der Waals surface area contributed by atoms with Gasteiger partial charge in [0.1, 0.15) is 23.0 Å². The number of ether oxygens (including phenoxy) is 6. The summed E-state index contributed by atoms with van der Waals surface area (Å²) < 4.78 is 33.7. The average Bonchev–Trinajstić information content (AvgIpc) is 3.39. The molecular formula is C63H78O10. The number of benzene rings is 3. The van der Waals surface area contributed by atoms with Crippen molar-refractivity contribution in [3.63, 3.8) is 0 Å². The van der Waals surface area contributed by atoms with Crippen LogP contribution >= 0.6 is 0 Å². The van der Waals surface area contributed by atoms with Gasteiger partial charge in [-0.1, -0.05) is 144 Å². The minimum absolute atomic E-state index is 0.0223. The van der Waals surface area contributed by atoms with Crippen molar-refractivity contribution in [2.24, 2.45) is 23.7 Å². The zero-order valence-corrected chi connectivity index (χ0v) is 43.8. The summed E-state index contributed by atoms with van der Waals surface area (Å²) in [5.74, 6) is 0.257. The van der Waals surface area contributed by atoms with Gasteiger partial charge in [-0.25, -0.2) is 19.2 Å². The van der Waals surface area contributed by atoms with Gasteiger partial charge in [0.05, 0.1) is 37.2 Å². The van der Waals surface area contributed by atoms with E-state index in [-0.39, 0.29) is 29.6 Å². The van der Waals surface area contributed by atoms with Crippen molar-refractivity contribution >= 4 is 23.9 Å². The highest BCUT2D eigenvalue weighted by atomic mass is 16.5. The first-order valence-corrected chi connectivity index (χ1v) is 25.7. The Kier molecular flexibility index (Phi) is 30.2. The Morgan fingerprint density at radius 3 is 1.63 bits per heavy atom. The van der Waals surface area contributed by atoms with E-state index < -0.39 is 17.9 Å². The first-order chi connectivity index (χ1) is 35.5. The highest BCUT2D eigenvalue weighted by Crippen LogP contribution is 2.34. The van der Waals surface area contributed by atoms with Gasteiger partial charge in [0.15, 0.2) is 0 Å². The van der Waals surface area contributed by atoms with E-state index in [1.54, 1.807) is 79.9 Å². The number of hydrogen-bond donors (Lipinski definition) is 0. The Labute approximate surface area is 435 Å². The summed E-state index contributed by atoms with van der Waals surface area (Å²) in [6.07, 6.45) is 42.6. The fourth-order valence-electron chi connectivity index (χ4n) is 7.82. The summed E-state index contributed by atoms with van der Waals surface area (Å²) >= 11 is 0. The molecule has 0 fully saturated rings. The van der Waals surface area contributed by atoms with E-state index in [1.165, 1.54) is 44.3 Å². The minimum atomic E-state index is -0.547. The molecule has 0 N–H and O–H groups in total. The summed E-state index contributed by atoms with van der Waals surface area (Å²) in [6.45, 7) is 18.2. The molecule has 0 radical (unpaired) electrons. The Morgan fingerprint density at radius 1 is 0.521 bits per heavy atom. The normalized spacial score (nSPS) is 13.5. The number of aryl methyl sites for hydroxylation is 1. The van der Waals surface area contributed by atoms with Crippen LogP contribution < -0.4 is 18.9 Å². The van der Waals surface area contributed by atoms with Gasteiger partial charge in [0.2, 0.25) is 0 Å². The van der Waals surface area contributed by atoms with E-state index >= 15 is 0 Å². The van der Waals surface area contributed by atoms with E-state index in [0.717, 1.165) is 32.1 Å². The van der Waals surface area contributed by atoms with E-state index in [0.29, 0.717) is 65.9 Å². The molecule has 0 aliphatic heterocycles. The summed E-state index contributed by atoms with van der Waals surface area (Å²) in [4.78, 5) is 49.1. The molecule has 3 rings (SSSR count). The molecule has 3 aromatic carbocycles. The number of allylic oxidation sites excluding steroid dienone is 13. The number of carbonyl (C=O) groups excluding carboxylic acids is 4. The Bertz CT molecular complexity index is 2340. The predicted molar refractivity (Wildman–Crippen MR) is 294 cm³/mol. The molecule has 0 saturated carbocycles. The summed E-state index contributed by atoms with van der Waals surface area (Å²) in [6, 6.07) is 18.5. The van der Waals surface area contributed by atoms with Crippen LogP contribution in [-0.4, -0.2) is 43.7 Å². The molecule has 4 unspecified atom stereocenters. The molecule has 0 aromatic heterocycles. The van der Waals surface area contributed by atoms with Crippen LogP contribution in [0.15, 0.2) is 177 Å². The van der Waals surface area contributed by atoms with E-state index in [9.17, 15) is 19.2 Å². The SMILES string of the molecule is C=CC(=O)OCCCCCCCCCCCCOc1ccc(C(=O)Oc2ccc(OC(=O)c3ccc(O/C=C\C(/C=C/C=C/C=C/C)C(/C=C/C=C/C)C(/C=C/C)C(C)CCOC(=O)C=C)cc3)c(C)c2)cc1. The van der Waals surface area contributed by atoms with Crippen LogP contribution in [-0.2, 0) is 19.1 Å². The Hall–Kier alpha value is -7.20. The van der Waals surface area contributed by atoms with E-state index in [4.69, 9.17) is 28.4 Å². The maximum Gasteiger partial charge on any atom is 0.343 e. The van der Waals surface area contributed by atoms with Gasteiger partial charge in [-0.05, 0) is 143 Å². The standard InChI is InChI=1S/C63H78O10/c1-8-13-15-22-26-30-51(58(31-25-14-9-2)57(29-10-3)49(6)42-46-71-61(65)12-5)43-47-69-55-38-34-53(35-39-55)63(67)73-59-41-40-56(48-50(59)7)72-62(66)52-32-36-54(37-33-52)68-44-27-23-20-18-16-17-19-21-24-28-45-70-60(64)11-4/h8-15,22,25-26,29-41,43,47-49,51,57-58H,4-5,16-21,23-24,27-28,42,44-46H2,1-3,6-7H3/b13-8+,14-9+,22-15+,29-10+,30-26+,31-25+,47-43-. The molecule has 4 atom stereocenters. The third-order valence-corrected chi connectivity index (χ3v) is 11.9. The van der Waals surface area contributed by atoms with Gasteiger partial charge >= 0.3 is 23.9 Å². The molecule has 0 heterocycles. The maximum atomic E-state index is 13.3. The second-order valence-corrected chi connectivity index (χ2v) is 17.6. The molecule has 3 aromatic rings. The molecule has 0 aliphatic carbocycles. The van der Waals surface area contributed by atoms with E-state index in [2.05, 4.69) is 50.5 Å². The number of esters is 4. The fourth-order valence-corrected chi connectivity index (χ4v) is 7.82. The van der Waals surface area contributed by atoms with Crippen LogP contribution in [0.4, 0.5) is 0 Å². The molecule has 0 saturated heterocycles. The second kappa shape index (κ2) is 36.7. The Morgan fingerprint density at radius 2 is 1.04 bits per heavy atom. The van der Waals surface area contributed by atoms with E-state index in [1.807, 2.05) is 69.4 Å². The monoisotopic (exact) mass is 995 g/mol. The number of unbranched alkanes of at least 4 members (excludes halogenated alkanes) is 9. The number of carbonyl (C=O) groups is 4. The lowest BCUT2D eigenvalue weighted by molar-refractivity contribution is -0.138. The zero-order chi connectivity index (χ0) is 52.9. The first-order valence-electron chi connectivity index (χ1n) is 25.7. The van der Waals surface area contributed by atoms with Crippen LogP contribution in [0.2, 0.25) is 0 Å². The van der Waals surface area contributed by atoms with Gasteiger partial charge in [-0.2, -0.15) is 0 Å². The lowest BCUT2D eigenvalue weighted by atomic mass is 9.73. The zero-order valence-electron chi connectivity index (χ0n) is 43.8. The predicted octanol–water partition coefficient (Wildman–Crippen LogP) is 15.3. The minimum Gasteiger partial charge on any atom is -0.494 e. The second-order valence-electron chi connectivity index (χ2n) is 17.6. The van der Waals surface area contributed by atoms with Crippen LogP contribution in [0.25, 0.3) is 0 Å². The molecule has 10 nitrogen and oxygen atoms in total. The topological polar surface area (TPSA) is 124 Å². The number of hydrogen-bond acceptors (Lipinski definition) is 10. The van der Waals surface area contributed by atoms with Crippen molar-refractivity contribution in [1.29, 1.82) is 0 Å². The Balaban J connectivity index is 1.52. The summed E-state index contributed by atoms with van der Waals surface area (Å²) in [5, 5.41) is 0. The van der Waals surface area contributed by atoms with Crippen LogP contribution in [0, 0.1) is 30.6 Å². The lowest BCUT2D eigenvalue weighted by Gasteiger charge is -2.31. The third kappa shape index (κ3) is 24.7. The smallest absolute Gasteiger partial charge is 0.343 e. The highest BCUT2D eigenvalue weighted by molar-refractivity contribution is 5.92. The van der Waals surface area contributed by atoms with Gasteiger partial charge < -0.3 is 28.4 Å². The van der Waals surface area contributed by atoms with Crippen molar-refractivity contribution in [2.45, 2.75) is 105 Å². The molecule has 10 heteroatoms. The largest absolute Gasteiger partial charge is 0.494 e. The molecule has 0 bridgehead atoms. The number of rotatable bonds is 35. The van der Waals surface area contributed by atoms with Crippen molar-refractivity contribution in [1.82, 2.24) is 0 Å². The van der Waals surface area contributed by atoms with Gasteiger partial charge in [0.25, 0.3) is 0 Å². The molecule has 73 heavy (non-hydrogen) atoms. The molecule has 0 spiro atoms. The third-order valence-electron chi connectivity index (χ3n) is 11.9. The lowest BCUT2D eigenvalue weighted by Crippen LogP contribution is -2.25. The summed E-state index contributed by atoms with van der Waals surface area (Å²) in [7, 11) is 0. The van der Waals surface area contributed by atoms with Crippen LogP contribution in [0.5, 0.6) is 23.0 Å². The van der Waals surface area contributed by atoms with Gasteiger partial charge in [0, 0.05) is 18.1 Å². The molecule has 390 valence electrons. The highest BCUT2D eigenvalue weighted by Gasteiger charge is 2.27. The maximum absolute atomic E-state index is 13.3. The molecular weight excluding hydrogens is 917 g/mol. The van der Waals surface area contributed by atoms with Crippen molar-refractivity contribution in [2.75, 3.05) is 19.8 Å². The van der Waals surface area contributed by atoms with Crippen molar-refractivity contribution in [3.8, 4) is 23.0 Å². The quantitative estimate of drug-likeness (QED) is 0.0107. The van der Waals surface area contributed by atoms with Crippen molar-refractivity contribution in [3.05, 3.63) is 194 Å². The van der Waals surface area contributed by atoms with Gasteiger partial charge in [-0.3, -0.25) is 0 Å². The summed E-state index contributed by atoms with van der Waals surface area (Å²) in [5.41, 5.74) is 1.34. The van der Waals surface area contributed by atoms with Gasteiger partial charge in [-0.15, -0.1) is 0 Å². The molecule has 0 aliphatic rings. The first kappa shape index (κ1) is 60.1. The van der Waals surface area contributed by atoms with Crippen LogP contribution in [0.3, 0.4) is 0 Å². The van der Waals surface area contributed by atoms with Crippen molar-refractivity contribution < 1.29 is 47.6 Å².